The van der Waals surface area contributed by atoms with Gasteiger partial charge in [0.05, 0.1) is 11.8 Å². The maximum atomic E-state index is 12.3. The molecule has 2 aliphatic carbocycles. The van der Waals surface area contributed by atoms with Crippen LogP contribution in [0.4, 0.5) is 0 Å². The topological polar surface area (TPSA) is 63.4 Å². The SMILES string of the molecule is CC1=C(C)[C@]2(C)C(C)[C@@]1(C)[C@@H]1C(=O)N(N)C(=O)[C@@H]12. The lowest BCUT2D eigenvalue weighted by Gasteiger charge is -2.34. The summed E-state index contributed by atoms with van der Waals surface area (Å²) in [5.41, 5.74) is 2.11. The molecule has 18 heavy (non-hydrogen) atoms. The van der Waals surface area contributed by atoms with Crippen molar-refractivity contribution in [2.45, 2.75) is 34.6 Å². The van der Waals surface area contributed by atoms with Gasteiger partial charge in [0, 0.05) is 10.8 Å². The van der Waals surface area contributed by atoms with E-state index in [0.29, 0.717) is 5.92 Å². The first-order valence-corrected chi connectivity index (χ1v) is 6.51. The second-order valence-corrected chi connectivity index (χ2v) is 6.54. The van der Waals surface area contributed by atoms with Crippen LogP contribution in [0.15, 0.2) is 11.1 Å². The van der Waals surface area contributed by atoms with Crippen LogP contribution < -0.4 is 5.84 Å². The zero-order valence-corrected chi connectivity index (χ0v) is 11.6. The molecule has 1 heterocycles. The highest BCUT2D eigenvalue weighted by atomic mass is 16.2. The summed E-state index contributed by atoms with van der Waals surface area (Å²) in [4.78, 5) is 24.6. The van der Waals surface area contributed by atoms with Crippen molar-refractivity contribution >= 4 is 11.8 Å². The summed E-state index contributed by atoms with van der Waals surface area (Å²) in [5.74, 6) is 5.01. The van der Waals surface area contributed by atoms with Crippen LogP contribution in [0.1, 0.15) is 34.6 Å². The van der Waals surface area contributed by atoms with Crippen LogP contribution in [0.5, 0.6) is 0 Å². The van der Waals surface area contributed by atoms with E-state index in [4.69, 9.17) is 5.84 Å². The summed E-state index contributed by atoms with van der Waals surface area (Å²) in [5, 5.41) is 0.851. The Kier molecular flexibility index (Phi) is 1.90. The van der Waals surface area contributed by atoms with Gasteiger partial charge in [0.15, 0.2) is 0 Å². The van der Waals surface area contributed by atoms with Gasteiger partial charge in [0.1, 0.15) is 0 Å². The van der Waals surface area contributed by atoms with E-state index >= 15 is 0 Å². The Morgan fingerprint density at radius 1 is 1.00 bits per heavy atom. The number of hydrogen-bond acceptors (Lipinski definition) is 3. The molecule has 1 saturated carbocycles. The smallest absolute Gasteiger partial charge is 0.248 e. The summed E-state index contributed by atoms with van der Waals surface area (Å²) >= 11 is 0. The molecule has 2 bridgehead atoms. The van der Waals surface area contributed by atoms with Gasteiger partial charge >= 0.3 is 0 Å². The molecule has 98 valence electrons. The molecule has 0 radical (unpaired) electrons. The number of imide groups is 1. The van der Waals surface area contributed by atoms with Gasteiger partial charge in [-0.25, -0.2) is 10.9 Å². The van der Waals surface area contributed by atoms with Crippen molar-refractivity contribution in [1.82, 2.24) is 5.01 Å². The van der Waals surface area contributed by atoms with Crippen LogP contribution in [-0.2, 0) is 9.59 Å². The molecule has 1 aliphatic heterocycles. The minimum absolute atomic E-state index is 0.199. The fraction of sp³-hybridized carbons (Fsp3) is 0.714. The van der Waals surface area contributed by atoms with E-state index in [1.165, 1.54) is 11.1 Å². The lowest BCUT2D eigenvalue weighted by atomic mass is 9.66. The molecule has 3 rings (SSSR count). The van der Waals surface area contributed by atoms with Crippen LogP contribution in [0.25, 0.3) is 0 Å². The molecule has 3 aliphatic rings. The fourth-order valence-electron chi connectivity index (χ4n) is 4.98. The number of carbonyl (C=O) groups excluding carboxylic acids is 2. The van der Waals surface area contributed by atoms with Gasteiger partial charge in [0.2, 0.25) is 11.8 Å². The van der Waals surface area contributed by atoms with E-state index in [1.54, 1.807) is 0 Å². The summed E-state index contributed by atoms with van der Waals surface area (Å²) < 4.78 is 0. The Morgan fingerprint density at radius 3 is 1.67 bits per heavy atom. The van der Waals surface area contributed by atoms with Crippen molar-refractivity contribution in [1.29, 1.82) is 0 Å². The molecule has 1 saturated heterocycles. The number of amides is 2. The molecule has 5 atom stereocenters. The lowest BCUT2D eigenvalue weighted by molar-refractivity contribution is -0.142. The summed E-state index contributed by atoms with van der Waals surface area (Å²) in [7, 11) is 0. The molecule has 2 amide bonds. The summed E-state index contributed by atoms with van der Waals surface area (Å²) in [6.45, 7) is 10.6. The van der Waals surface area contributed by atoms with Crippen molar-refractivity contribution in [2.75, 3.05) is 0 Å². The molecule has 0 aromatic heterocycles. The third-order valence-electron chi connectivity index (χ3n) is 6.61. The van der Waals surface area contributed by atoms with Crippen molar-refractivity contribution < 1.29 is 9.59 Å². The Hall–Kier alpha value is -1.16. The zero-order chi connectivity index (χ0) is 13.6. The van der Waals surface area contributed by atoms with Gasteiger partial charge in [-0.15, -0.1) is 0 Å². The maximum Gasteiger partial charge on any atom is 0.248 e. The second kappa shape index (κ2) is 2.87. The first kappa shape index (κ1) is 11.9. The predicted octanol–water partition coefficient (Wildman–Crippen LogP) is 1.47. The van der Waals surface area contributed by atoms with E-state index in [1.807, 2.05) is 0 Å². The van der Waals surface area contributed by atoms with Gasteiger partial charge in [-0.2, -0.15) is 0 Å². The van der Waals surface area contributed by atoms with Crippen LogP contribution in [-0.4, -0.2) is 16.8 Å². The Labute approximate surface area is 107 Å². The third kappa shape index (κ3) is 0.821. The number of allylic oxidation sites excluding steroid dienone is 2. The highest BCUT2D eigenvalue weighted by molar-refractivity contribution is 6.07. The summed E-state index contributed by atoms with van der Waals surface area (Å²) in [6, 6.07) is 0. The number of nitrogens with zero attached hydrogens (tertiary/aromatic N) is 1. The van der Waals surface area contributed by atoms with Crippen molar-refractivity contribution in [3.63, 3.8) is 0 Å². The van der Waals surface area contributed by atoms with E-state index in [9.17, 15) is 9.59 Å². The van der Waals surface area contributed by atoms with E-state index in [-0.39, 0.29) is 34.5 Å². The second-order valence-electron chi connectivity index (χ2n) is 6.54. The van der Waals surface area contributed by atoms with Gasteiger partial charge < -0.3 is 0 Å². The molecule has 2 fully saturated rings. The molecule has 0 aromatic carbocycles. The number of fused-ring (bicyclic) bond motifs is 5. The molecule has 0 spiro atoms. The molecule has 4 heteroatoms. The highest BCUT2D eigenvalue weighted by Crippen LogP contribution is 2.73. The maximum absolute atomic E-state index is 12.3. The average molecular weight is 248 g/mol. The predicted molar refractivity (Wildman–Crippen MR) is 66.8 cm³/mol. The van der Waals surface area contributed by atoms with Crippen molar-refractivity contribution in [3.05, 3.63) is 11.1 Å². The third-order valence-corrected chi connectivity index (χ3v) is 6.61. The van der Waals surface area contributed by atoms with Gasteiger partial charge in [-0.05, 0) is 19.8 Å². The Morgan fingerprint density at radius 2 is 1.33 bits per heavy atom. The Bertz CT molecular complexity index is 480. The molecular weight excluding hydrogens is 228 g/mol. The van der Waals surface area contributed by atoms with Crippen LogP contribution in [0, 0.1) is 28.6 Å². The molecular formula is C14H20N2O2. The first-order chi connectivity index (χ1) is 8.20. The van der Waals surface area contributed by atoms with E-state index in [2.05, 4.69) is 34.6 Å². The quantitative estimate of drug-likeness (QED) is 0.305. The molecule has 4 nitrogen and oxygen atoms in total. The van der Waals surface area contributed by atoms with Crippen LogP contribution in [0.3, 0.4) is 0 Å². The highest BCUT2D eigenvalue weighted by Gasteiger charge is 2.75. The monoisotopic (exact) mass is 248 g/mol. The van der Waals surface area contributed by atoms with Gasteiger partial charge in [0.25, 0.3) is 0 Å². The number of nitrogens with two attached hydrogens (primary N) is 1. The standard InChI is InChI=1S/C14H20N2O2/c1-6-7(2)14(5)8(3)13(6,4)9-10(14)12(18)16(15)11(9)17/h8-10H,15H2,1-5H3/t8?,9-,10+,13-,14+. The first-order valence-electron chi connectivity index (χ1n) is 6.51. The van der Waals surface area contributed by atoms with Crippen molar-refractivity contribution in [2.24, 2.45) is 34.4 Å². The lowest BCUT2D eigenvalue weighted by Crippen LogP contribution is -2.42. The van der Waals surface area contributed by atoms with Gasteiger partial charge in [-0.1, -0.05) is 31.9 Å². The number of carbonyl (C=O) groups is 2. The number of hydrogen-bond donors (Lipinski definition) is 1. The Balaban J connectivity index is 2.30. The van der Waals surface area contributed by atoms with E-state index in [0.717, 1.165) is 5.01 Å². The zero-order valence-electron chi connectivity index (χ0n) is 11.6. The number of rotatable bonds is 0. The minimum atomic E-state index is -0.265. The normalized spacial score (nSPS) is 50.6. The molecule has 1 unspecified atom stereocenters. The molecule has 2 N–H and O–H groups in total. The largest absolute Gasteiger partial charge is 0.273 e. The minimum Gasteiger partial charge on any atom is -0.273 e. The average Bonchev–Trinajstić information content (AvgIpc) is 2.72. The van der Waals surface area contributed by atoms with Crippen LogP contribution >= 0.6 is 0 Å². The van der Waals surface area contributed by atoms with Crippen molar-refractivity contribution in [3.8, 4) is 0 Å². The van der Waals surface area contributed by atoms with Crippen LogP contribution in [0.2, 0.25) is 0 Å². The van der Waals surface area contributed by atoms with Gasteiger partial charge in [-0.3, -0.25) is 9.59 Å². The molecule has 0 aromatic rings. The van der Waals surface area contributed by atoms with E-state index < -0.39 is 0 Å². The number of hydrazine groups is 1. The fourth-order valence-corrected chi connectivity index (χ4v) is 4.98. The summed E-state index contributed by atoms with van der Waals surface area (Å²) in [6.07, 6.45) is 0.